The van der Waals surface area contributed by atoms with E-state index < -0.39 is 0 Å². The van der Waals surface area contributed by atoms with Gasteiger partial charge in [-0.25, -0.2) is 0 Å². The first kappa shape index (κ1) is 12.1. The lowest BCUT2D eigenvalue weighted by molar-refractivity contribution is 0.0723. The lowest BCUT2D eigenvalue weighted by atomic mass is 10.0. The van der Waals surface area contributed by atoms with Crippen LogP contribution in [0.2, 0.25) is 5.02 Å². The van der Waals surface area contributed by atoms with Gasteiger partial charge in [-0.15, -0.1) is 10.2 Å². The fourth-order valence-electron chi connectivity index (χ4n) is 2.45. The molecule has 1 aromatic heterocycles. The van der Waals surface area contributed by atoms with Gasteiger partial charge < -0.3 is 4.90 Å². The van der Waals surface area contributed by atoms with Crippen molar-refractivity contribution < 1.29 is 4.79 Å². The molecule has 1 fully saturated rings. The molecule has 0 radical (unpaired) electrons. The molecule has 0 spiro atoms. The second-order valence-corrected chi connectivity index (χ2v) is 4.88. The molecule has 1 amide bonds. The fourth-order valence-corrected chi connectivity index (χ4v) is 2.65. The van der Waals surface area contributed by atoms with Crippen LogP contribution in [0.25, 0.3) is 0 Å². The molecule has 2 aromatic rings. The normalized spacial score (nSPS) is 18.8. The molecule has 1 atom stereocenters. The van der Waals surface area contributed by atoms with Crippen molar-refractivity contribution in [2.24, 2.45) is 0 Å². The van der Waals surface area contributed by atoms with Gasteiger partial charge in [-0.2, -0.15) is 5.21 Å². The molecular formula is C12H12ClN5O. The molecule has 1 unspecified atom stereocenters. The van der Waals surface area contributed by atoms with Crippen LogP contribution in [-0.2, 0) is 0 Å². The summed E-state index contributed by atoms with van der Waals surface area (Å²) in [6.45, 7) is 0.699. The van der Waals surface area contributed by atoms with Crippen LogP contribution < -0.4 is 0 Å². The lowest BCUT2D eigenvalue weighted by Gasteiger charge is -2.23. The first-order valence-corrected chi connectivity index (χ1v) is 6.43. The summed E-state index contributed by atoms with van der Waals surface area (Å²) in [5.41, 5.74) is 1.04. The zero-order valence-corrected chi connectivity index (χ0v) is 10.8. The Morgan fingerprint density at radius 3 is 3.11 bits per heavy atom. The molecule has 3 rings (SSSR count). The van der Waals surface area contributed by atoms with Gasteiger partial charge in [-0.3, -0.25) is 4.79 Å². The Kier molecular flexibility index (Phi) is 3.16. The molecule has 1 aliphatic rings. The van der Waals surface area contributed by atoms with Crippen LogP contribution >= 0.6 is 11.6 Å². The number of benzene rings is 1. The van der Waals surface area contributed by atoms with Crippen molar-refractivity contribution in [3.8, 4) is 0 Å². The molecular weight excluding hydrogens is 266 g/mol. The van der Waals surface area contributed by atoms with Gasteiger partial charge in [0.2, 0.25) is 0 Å². The molecule has 1 saturated heterocycles. The third-order valence-corrected chi connectivity index (χ3v) is 3.52. The Morgan fingerprint density at radius 2 is 2.37 bits per heavy atom. The van der Waals surface area contributed by atoms with Crippen LogP contribution in [-0.4, -0.2) is 38.0 Å². The number of halogens is 1. The van der Waals surface area contributed by atoms with Crippen molar-refractivity contribution >= 4 is 17.5 Å². The maximum absolute atomic E-state index is 12.3. The van der Waals surface area contributed by atoms with Gasteiger partial charge in [-0.1, -0.05) is 23.7 Å². The van der Waals surface area contributed by atoms with E-state index in [1.54, 1.807) is 4.90 Å². The summed E-state index contributed by atoms with van der Waals surface area (Å²) in [4.78, 5) is 14.1. The first-order chi connectivity index (χ1) is 9.25. The quantitative estimate of drug-likeness (QED) is 0.909. The van der Waals surface area contributed by atoms with E-state index in [0.29, 0.717) is 11.6 Å². The van der Waals surface area contributed by atoms with E-state index in [1.165, 1.54) is 0 Å². The van der Waals surface area contributed by atoms with Crippen molar-refractivity contribution in [1.29, 1.82) is 0 Å². The summed E-state index contributed by atoms with van der Waals surface area (Å²) in [5, 5.41) is 13.9. The second-order valence-electron chi connectivity index (χ2n) is 4.45. The molecule has 0 aliphatic carbocycles. The molecule has 19 heavy (non-hydrogen) atoms. The van der Waals surface area contributed by atoms with Crippen molar-refractivity contribution in [3.63, 3.8) is 0 Å². The van der Waals surface area contributed by atoms with Crippen LogP contribution in [0.3, 0.4) is 0 Å². The third kappa shape index (κ3) is 2.31. The van der Waals surface area contributed by atoms with Crippen LogP contribution in [0, 0.1) is 0 Å². The maximum atomic E-state index is 12.3. The summed E-state index contributed by atoms with van der Waals surface area (Å²) in [5.74, 6) is -0.0925. The van der Waals surface area contributed by atoms with Crippen LogP contribution in [0.15, 0.2) is 24.3 Å². The Hall–Kier alpha value is -1.95. The summed E-state index contributed by atoms with van der Waals surface area (Å²) >= 11 is 6.01. The van der Waals surface area contributed by atoms with Gasteiger partial charge in [0, 0.05) is 11.6 Å². The topological polar surface area (TPSA) is 74.8 Å². The number of nitrogens with zero attached hydrogens (tertiary/aromatic N) is 4. The van der Waals surface area contributed by atoms with E-state index in [4.69, 9.17) is 11.6 Å². The minimum Gasteiger partial charge on any atom is -0.329 e. The monoisotopic (exact) mass is 277 g/mol. The Bertz CT molecular complexity index is 586. The fraction of sp³-hybridized carbons (Fsp3) is 0.333. The molecule has 1 aliphatic heterocycles. The van der Waals surface area contributed by atoms with Crippen molar-refractivity contribution in [1.82, 2.24) is 25.5 Å². The van der Waals surface area contributed by atoms with Crippen LogP contribution in [0.1, 0.15) is 35.1 Å². The minimum atomic E-state index is -0.198. The number of tetrazole rings is 1. The van der Waals surface area contributed by atoms with Crippen molar-refractivity contribution in [3.05, 3.63) is 40.7 Å². The molecule has 2 heterocycles. The van der Waals surface area contributed by atoms with E-state index in [9.17, 15) is 4.79 Å². The standard InChI is InChI=1S/C12H12ClN5O/c13-9-4-1-3-8(7-9)10-5-2-6-18(10)12(19)11-14-16-17-15-11/h1,3-4,7,10H,2,5-6H2,(H,14,15,16,17). The van der Waals surface area contributed by atoms with Crippen molar-refractivity contribution in [2.75, 3.05) is 6.54 Å². The van der Waals surface area contributed by atoms with Gasteiger partial charge in [-0.05, 0) is 35.8 Å². The molecule has 0 bridgehead atoms. The molecule has 7 heteroatoms. The predicted octanol–water partition coefficient (Wildman–Crippen LogP) is 1.83. The average molecular weight is 278 g/mol. The zero-order valence-electron chi connectivity index (χ0n) is 10.1. The Labute approximate surface area is 114 Å². The third-order valence-electron chi connectivity index (χ3n) is 3.28. The number of H-pyrrole nitrogens is 1. The van der Waals surface area contributed by atoms with Gasteiger partial charge in [0.1, 0.15) is 0 Å². The largest absolute Gasteiger partial charge is 0.329 e. The summed E-state index contributed by atoms with van der Waals surface area (Å²) in [7, 11) is 0. The van der Waals surface area contributed by atoms with E-state index in [1.807, 2.05) is 24.3 Å². The zero-order chi connectivity index (χ0) is 13.2. The van der Waals surface area contributed by atoms with E-state index in [-0.39, 0.29) is 17.8 Å². The number of likely N-dealkylation sites (tertiary alicyclic amines) is 1. The predicted molar refractivity (Wildman–Crippen MR) is 68.6 cm³/mol. The van der Waals surface area contributed by atoms with Gasteiger partial charge in [0.25, 0.3) is 11.7 Å². The highest BCUT2D eigenvalue weighted by Crippen LogP contribution is 2.33. The number of hydrogen-bond donors (Lipinski definition) is 1. The number of carbonyl (C=O) groups excluding carboxylic acids is 1. The van der Waals surface area contributed by atoms with E-state index >= 15 is 0 Å². The molecule has 0 saturated carbocycles. The smallest absolute Gasteiger partial charge is 0.295 e. The summed E-state index contributed by atoms with van der Waals surface area (Å²) in [6, 6.07) is 7.63. The van der Waals surface area contributed by atoms with Gasteiger partial charge in [0.15, 0.2) is 0 Å². The summed E-state index contributed by atoms with van der Waals surface area (Å²) in [6.07, 6.45) is 1.88. The number of amides is 1. The number of aromatic amines is 1. The average Bonchev–Trinajstić information content (AvgIpc) is 3.09. The Balaban J connectivity index is 1.88. The number of carbonyl (C=O) groups is 1. The van der Waals surface area contributed by atoms with Crippen LogP contribution in [0.5, 0.6) is 0 Å². The lowest BCUT2D eigenvalue weighted by Crippen LogP contribution is -2.31. The molecule has 6 nitrogen and oxygen atoms in total. The molecule has 1 aromatic carbocycles. The van der Waals surface area contributed by atoms with E-state index in [2.05, 4.69) is 20.6 Å². The number of nitrogens with one attached hydrogen (secondary N) is 1. The number of hydrogen-bond acceptors (Lipinski definition) is 4. The molecule has 1 N–H and O–H groups in total. The van der Waals surface area contributed by atoms with Gasteiger partial charge >= 0.3 is 0 Å². The Morgan fingerprint density at radius 1 is 1.47 bits per heavy atom. The van der Waals surface area contributed by atoms with Crippen LogP contribution in [0.4, 0.5) is 0 Å². The molecule has 98 valence electrons. The van der Waals surface area contributed by atoms with Crippen molar-refractivity contribution in [2.45, 2.75) is 18.9 Å². The highest BCUT2D eigenvalue weighted by atomic mass is 35.5. The SMILES string of the molecule is O=C(c1nn[nH]n1)N1CCCC1c1cccc(Cl)c1. The highest BCUT2D eigenvalue weighted by Gasteiger charge is 2.32. The van der Waals surface area contributed by atoms with E-state index in [0.717, 1.165) is 18.4 Å². The van der Waals surface area contributed by atoms with Gasteiger partial charge in [0.05, 0.1) is 6.04 Å². The maximum Gasteiger partial charge on any atom is 0.295 e. The first-order valence-electron chi connectivity index (χ1n) is 6.05. The summed E-state index contributed by atoms with van der Waals surface area (Å²) < 4.78 is 0. The second kappa shape index (κ2) is 4.97. The highest BCUT2D eigenvalue weighted by molar-refractivity contribution is 6.30. The minimum absolute atomic E-state index is 0.0321. The number of aromatic nitrogens is 4. The number of rotatable bonds is 2.